The van der Waals surface area contributed by atoms with Crippen molar-refractivity contribution >= 4 is 0 Å². The van der Waals surface area contributed by atoms with Gasteiger partial charge in [0, 0.05) is 6.54 Å². The Morgan fingerprint density at radius 3 is 2.47 bits per heavy atom. The van der Waals surface area contributed by atoms with E-state index in [1.807, 2.05) is 0 Å². The molecule has 94 valence electrons. The predicted molar refractivity (Wildman–Crippen MR) is 74.1 cm³/mol. The van der Waals surface area contributed by atoms with Gasteiger partial charge in [-0.15, -0.1) is 0 Å². The number of hydrogen-bond acceptors (Lipinski definition) is 1. The van der Waals surface area contributed by atoms with E-state index < -0.39 is 0 Å². The zero-order valence-corrected chi connectivity index (χ0v) is 11.0. The molecule has 1 fully saturated rings. The van der Waals surface area contributed by atoms with Crippen LogP contribution in [0.4, 0.5) is 0 Å². The van der Waals surface area contributed by atoms with Crippen LogP contribution in [0.5, 0.6) is 0 Å². The van der Waals surface area contributed by atoms with E-state index in [9.17, 15) is 0 Å². The van der Waals surface area contributed by atoms with E-state index >= 15 is 0 Å². The first-order valence-electron chi connectivity index (χ1n) is 7.17. The van der Waals surface area contributed by atoms with Crippen molar-refractivity contribution < 1.29 is 0 Å². The Balaban J connectivity index is 1.77. The lowest BCUT2D eigenvalue weighted by Crippen LogP contribution is -2.24. The minimum atomic E-state index is 0.928. The molecule has 1 aromatic carbocycles. The van der Waals surface area contributed by atoms with Gasteiger partial charge < -0.3 is 5.32 Å². The SMILES string of the molecule is CCc1ccccc1CNCC1CCCCC1. The van der Waals surface area contributed by atoms with E-state index in [1.54, 1.807) is 0 Å². The quantitative estimate of drug-likeness (QED) is 0.810. The van der Waals surface area contributed by atoms with Crippen molar-refractivity contribution in [3.8, 4) is 0 Å². The van der Waals surface area contributed by atoms with Crippen LogP contribution in [0.1, 0.15) is 50.2 Å². The van der Waals surface area contributed by atoms with E-state index in [4.69, 9.17) is 0 Å². The molecule has 0 heterocycles. The molecule has 0 unspecified atom stereocenters. The number of benzene rings is 1. The standard InChI is InChI=1S/C16H25N/c1-2-15-10-6-7-11-16(15)13-17-12-14-8-4-3-5-9-14/h6-7,10-11,14,17H,2-5,8-9,12-13H2,1H3. The molecule has 0 amide bonds. The number of aryl methyl sites for hydroxylation is 1. The van der Waals surface area contributed by atoms with Crippen LogP contribution in [-0.4, -0.2) is 6.54 Å². The second-order valence-electron chi connectivity index (χ2n) is 5.26. The Hall–Kier alpha value is -0.820. The van der Waals surface area contributed by atoms with Gasteiger partial charge in [-0.05, 0) is 42.9 Å². The Morgan fingerprint density at radius 1 is 1.06 bits per heavy atom. The van der Waals surface area contributed by atoms with Crippen LogP contribution in [-0.2, 0) is 13.0 Å². The van der Waals surface area contributed by atoms with Crippen molar-refractivity contribution in [3.05, 3.63) is 35.4 Å². The van der Waals surface area contributed by atoms with E-state index in [0.717, 1.165) is 18.9 Å². The number of nitrogens with one attached hydrogen (secondary N) is 1. The fourth-order valence-corrected chi connectivity index (χ4v) is 2.88. The smallest absolute Gasteiger partial charge is 0.0208 e. The van der Waals surface area contributed by atoms with Gasteiger partial charge in [-0.25, -0.2) is 0 Å². The third-order valence-electron chi connectivity index (χ3n) is 3.97. The monoisotopic (exact) mass is 231 g/mol. The number of hydrogen-bond donors (Lipinski definition) is 1. The molecular weight excluding hydrogens is 206 g/mol. The molecule has 17 heavy (non-hydrogen) atoms. The van der Waals surface area contributed by atoms with E-state index in [0.29, 0.717) is 0 Å². The highest BCUT2D eigenvalue weighted by Crippen LogP contribution is 2.22. The highest BCUT2D eigenvalue weighted by molar-refractivity contribution is 5.26. The molecule has 1 aromatic rings. The highest BCUT2D eigenvalue weighted by Gasteiger charge is 2.12. The summed E-state index contributed by atoms with van der Waals surface area (Å²) in [5, 5.41) is 3.65. The van der Waals surface area contributed by atoms with Crippen LogP contribution in [0.2, 0.25) is 0 Å². The van der Waals surface area contributed by atoms with Crippen LogP contribution < -0.4 is 5.32 Å². The minimum absolute atomic E-state index is 0.928. The summed E-state index contributed by atoms with van der Waals surface area (Å²) < 4.78 is 0. The Bertz CT molecular complexity index is 326. The van der Waals surface area contributed by atoms with Crippen molar-refractivity contribution in [2.45, 2.75) is 52.0 Å². The largest absolute Gasteiger partial charge is 0.312 e. The lowest BCUT2D eigenvalue weighted by Gasteiger charge is -2.22. The van der Waals surface area contributed by atoms with Crippen LogP contribution in [0.15, 0.2) is 24.3 Å². The molecule has 0 saturated heterocycles. The van der Waals surface area contributed by atoms with Crippen LogP contribution in [0, 0.1) is 5.92 Å². The molecule has 0 atom stereocenters. The Labute approximate surface area is 106 Å². The van der Waals surface area contributed by atoms with Crippen molar-refractivity contribution in [1.82, 2.24) is 5.32 Å². The lowest BCUT2D eigenvalue weighted by molar-refractivity contribution is 0.342. The molecule has 1 aliphatic rings. The second-order valence-corrected chi connectivity index (χ2v) is 5.26. The van der Waals surface area contributed by atoms with Gasteiger partial charge in [-0.3, -0.25) is 0 Å². The maximum Gasteiger partial charge on any atom is 0.0208 e. The van der Waals surface area contributed by atoms with Gasteiger partial charge in [0.2, 0.25) is 0 Å². The first kappa shape index (κ1) is 12.6. The van der Waals surface area contributed by atoms with Gasteiger partial charge in [-0.2, -0.15) is 0 Å². The molecule has 0 aliphatic heterocycles. The molecule has 1 aliphatic carbocycles. The Morgan fingerprint density at radius 2 is 1.76 bits per heavy atom. The fourth-order valence-electron chi connectivity index (χ4n) is 2.88. The summed E-state index contributed by atoms with van der Waals surface area (Å²) in [5.41, 5.74) is 2.97. The molecule has 2 rings (SSSR count). The molecule has 0 spiro atoms. The zero-order valence-electron chi connectivity index (χ0n) is 11.0. The molecule has 0 radical (unpaired) electrons. The topological polar surface area (TPSA) is 12.0 Å². The lowest BCUT2D eigenvalue weighted by atomic mass is 9.89. The maximum atomic E-state index is 3.65. The van der Waals surface area contributed by atoms with Gasteiger partial charge in [0.15, 0.2) is 0 Å². The Kier molecular flexibility index (Phi) is 5.06. The van der Waals surface area contributed by atoms with Crippen LogP contribution >= 0.6 is 0 Å². The summed E-state index contributed by atoms with van der Waals surface area (Å²) in [6.45, 7) is 4.48. The third kappa shape index (κ3) is 3.85. The third-order valence-corrected chi connectivity index (χ3v) is 3.97. The highest BCUT2D eigenvalue weighted by atomic mass is 14.9. The van der Waals surface area contributed by atoms with Crippen molar-refractivity contribution in [1.29, 1.82) is 0 Å². The summed E-state index contributed by atoms with van der Waals surface area (Å²) in [7, 11) is 0. The van der Waals surface area contributed by atoms with Gasteiger partial charge in [0.1, 0.15) is 0 Å². The van der Waals surface area contributed by atoms with Crippen LogP contribution in [0.25, 0.3) is 0 Å². The molecule has 0 bridgehead atoms. The first-order valence-corrected chi connectivity index (χ1v) is 7.17. The summed E-state index contributed by atoms with van der Waals surface area (Å²) in [6.07, 6.45) is 8.34. The van der Waals surface area contributed by atoms with Gasteiger partial charge in [-0.1, -0.05) is 50.5 Å². The molecule has 1 saturated carbocycles. The average Bonchev–Trinajstić information content (AvgIpc) is 2.40. The summed E-state index contributed by atoms with van der Waals surface area (Å²) in [5.74, 6) is 0.928. The van der Waals surface area contributed by atoms with Crippen molar-refractivity contribution in [2.24, 2.45) is 5.92 Å². The van der Waals surface area contributed by atoms with E-state index in [-0.39, 0.29) is 0 Å². The summed E-state index contributed by atoms with van der Waals surface area (Å²) >= 11 is 0. The van der Waals surface area contributed by atoms with Crippen LogP contribution in [0.3, 0.4) is 0 Å². The molecular formula is C16H25N. The maximum absolute atomic E-state index is 3.65. The average molecular weight is 231 g/mol. The van der Waals surface area contributed by atoms with Crippen molar-refractivity contribution in [3.63, 3.8) is 0 Å². The summed E-state index contributed by atoms with van der Waals surface area (Å²) in [6, 6.07) is 8.80. The zero-order chi connectivity index (χ0) is 11.9. The fraction of sp³-hybridized carbons (Fsp3) is 0.625. The summed E-state index contributed by atoms with van der Waals surface area (Å²) in [4.78, 5) is 0. The molecule has 1 heteroatoms. The second kappa shape index (κ2) is 6.80. The van der Waals surface area contributed by atoms with E-state index in [1.165, 1.54) is 49.8 Å². The number of rotatable bonds is 5. The van der Waals surface area contributed by atoms with E-state index in [2.05, 4.69) is 36.5 Å². The minimum Gasteiger partial charge on any atom is -0.312 e. The molecule has 1 N–H and O–H groups in total. The first-order chi connectivity index (χ1) is 8.40. The van der Waals surface area contributed by atoms with Gasteiger partial charge >= 0.3 is 0 Å². The molecule has 1 nitrogen and oxygen atoms in total. The normalized spacial score (nSPS) is 17.2. The van der Waals surface area contributed by atoms with Gasteiger partial charge in [0.05, 0.1) is 0 Å². The molecule has 0 aromatic heterocycles. The van der Waals surface area contributed by atoms with Gasteiger partial charge in [0.25, 0.3) is 0 Å². The predicted octanol–water partition coefficient (Wildman–Crippen LogP) is 3.92. The van der Waals surface area contributed by atoms with Crippen molar-refractivity contribution in [2.75, 3.05) is 6.54 Å².